The van der Waals surface area contributed by atoms with Crippen LogP contribution in [0.4, 0.5) is 0 Å². The van der Waals surface area contributed by atoms with E-state index in [-0.39, 0.29) is 5.56 Å². The highest BCUT2D eigenvalue weighted by atomic mass is 127. The number of aromatic nitrogens is 3. The maximum Gasteiger partial charge on any atom is 0.264 e. The summed E-state index contributed by atoms with van der Waals surface area (Å²) >= 11 is 3.38. The molecule has 13 heavy (non-hydrogen) atoms. The van der Waals surface area contributed by atoms with Crippen molar-refractivity contribution in [1.29, 1.82) is 0 Å². The van der Waals surface area contributed by atoms with Crippen LogP contribution in [0.2, 0.25) is 0 Å². The maximum atomic E-state index is 11.2. The van der Waals surface area contributed by atoms with Gasteiger partial charge in [0.25, 0.3) is 5.56 Å². The largest absolute Gasteiger partial charge is 0.305 e. The van der Waals surface area contributed by atoms with Gasteiger partial charge < -0.3 is 4.98 Å². The lowest BCUT2D eigenvalue weighted by molar-refractivity contribution is 1.11. The van der Waals surface area contributed by atoms with Crippen LogP contribution in [0.5, 0.6) is 0 Å². The summed E-state index contributed by atoms with van der Waals surface area (Å²) in [6, 6.07) is 0. The van der Waals surface area contributed by atoms with Crippen LogP contribution in [0.25, 0.3) is 10.7 Å². The average Bonchev–Trinajstić information content (AvgIpc) is 2.62. The van der Waals surface area contributed by atoms with Crippen molar-refractivity contribution in [3.8, 4) is 10.7 Å². The van der Waals surface area contributed by atoms with Crippen LogP contribution < -0.4 is 5.56 Å². The monoisotopic (exact) mass is 305 g/mol. The van der Waals surface area contributed by atoms with Gasteiger partial charge in [0.2, 0.25) is 0 Å². The third kappa shape index (κ3) is 1.78. The molecule has 0 atom stereocenters. The summed E-state index contributed by atoms with van der Waals surface area (Å²) in [4.78, 5) is 22.8. The van der Waals surface area contributed by atoms with Crippen LogP contribution in [0, 0.1) is 3.57 Å². The highest BCUT2D eigenvalue weighted by Crippen LogP contribution is 2.17. The van der Waals surface area contributed by atoms with Crippen LogP contribution in [-0.4, -0.2) is 15.0 Å². The molecule has 2 heterocycles. The Labute approximate surface area is 91.2 Å². The molecule has 6 heteroatoms. The van der Waals surface area contributed by atoms with Gasteiger partial charge in [-0.25, -0.2) is 4.98 Å². The molecule has 4 nitrogen and oxygen atoms in total. The van der Waals surface area contributed by atoms with E-state index in [9.17, 15) is 4.79 Å². The number of rotatable bonds is 1. The van der Waals surface area contributed by atoms with E-state index < -0.39 is 0 Å². The molecular weight excluding hydrogens is 301 g/mol. The first-order valence-corrected chi connectivity index (χ1v) is 5.37. The second kappa shape index (κ2) is 3.54. The minimum absolute atomic E-state index is 0.112. The Balaban J connectivity index is 2.55. The van der Waals surface area contributed by atoms with Crippen LogP contribution in [0.3, 0.4) is 0 Å². The fourth-order valence-electron chi connectivity index (χ4n) is 0.837. The van der Waals surface area contributed by atoms with Crippen LogP contribution in [0.15, 0.2) is 22.7 Å². The van der Waals surface area contributed by atoms with Crippen LogP contribution in [0.1, 0.15) is 0 Å². The summed E-state index contributed by atoms with van der Waals surface area (Å²) in [6.45, 7) is 0. The van der Waals surface area contributed by atoms with E-state index in [0.717, 1.165) is 4.88 Å². The van der Waals surface area contributed by atoms with Crippen molar-refractivity contribution in [1.82, 2.24) is 15.0 Å². The summed E-state index contributed by atoms with van der Waals surface area (Å²) in [6.07, 6.45) is 3.23. The third-order valence-corrected chi connectivity index (χ3v) is 2.97. The molecule has 0 amide bonds. The molecule has 2 aromatic heterocycles. The zero-order valence-corrected chi connectivity index (χ0v) is 9.29. The lowest BCUT2D eigenvalue weighted by Crippen LogP contribution is -2.10. The quantitative estimate of drug-likeness (QED) is 0.812. The molecule has 0 aromatic carbocycles. The second-order valence-electron chi connectivity index (χ2n) is 2.27. The van der Waals surface area contributed by atoms with E-state index >= 15 is 0 Å². The summed E-state index contributed by atoms with van der Waals surface area (Å²) in [5, 5.41) is 0. The summed E-state index contributed by atoms with van der Waals surface area (Å²) in [5.74, 6) is 0.577. The zero-order valence-electron chi connectivity index (χ0n) is 6.32. The standard InChI is InChI=1S/C7H4IN3OS/c8-4-1-10-6(11-7(4)12)5-2-9-3-13-5/h1-3H,(H,10,11,12). The van der Waals surface area contributed by atoms with Gasteiger partial charge in [0.15, 0.2) is 5.82 Å². The first kappa shape index (κ1) is 8.82. The molecule has 1 N–H and O–H groups in total. The predicted molar refractivity (Wildman–Crippen MR) is 58.7 cm³/mol. The number of halogens is 1. The first-order chi connectivity index (χ1) is 6.27. The smallest absolute Gasteiger partial charge is 0.264 e. The molecule has 2 aromatic rings. The Morgan fingerprint density at radius 2 is 2.31 bits per heavy atom. The number of aromatic amines is 1. The van der Waals surface area contributed by atoms with E-state index in [2.05, 4.69) is 15.0 Å². The van der Waals surface area contributed by atoms with E-state index in [1.54, 1.807) is 17.9 Å². The summed E-state index contributed by atoms with van der Waals surface area (Å²) in [5.41, 5.74) is 1.59. The van der Waals surface area contributed by atoms with Gasteiger partial charge in [-0.1, -0.05) is 0 Å². The molecule has 66 valence electrons. The number of hydrogen-bond donors (Lipinski definition) is 1. The minimum atomic E-state index is -0.112. The number of H-pyrrole nitrogens is 1. The van der Waals surface area contributed by atoms with Gasteiger partial charge in [-0.2, -0.15) is 0 Å². The van der Waals surface area contributed by atoms with Gasteiger partial charge >= 0.3 is 0 Å². The van der Waals surface area contributed by atoms with Crippen LogP contribution >= 0.6 is 33.9 Å². The molecule has 0 spiro atoms. The summed E-state index contributed by atoms with van der Waals surface area (Å²) in [7, 11) is 0. The molecule has 0 unspecified atom stereocenters. The predicted octanol–water partition coefficient (Wildman–Crippen LogP) is 1.50. The lowest BCUT2D eigenvalue weighted by Gasteiger charge is -1.94. The Morgan fingerprint density at radius 1 is 1.46 bits per heavy atom. The Kier molecular flexibility index (Phi) is 2.40. The van der Waals surface area contributed by atoms with Crippen molar-refractivity contribution in [2.24, 2.45) is 0 Å². The average molecular weight is 305 g/mol. The number of nitrogens with one attached hydrogen (secondary N) is 1. The SMILES string of the molecule is O=c1[nH]c(-c2cncs2)ncc1I. The van der Waals surface area contributed by atoms with Crippen molar-refractivity contribution in [3.63, 3.8) is 0 Å². The van der Waals surface area contributed by atoms with Gasteiger partial charge in [-0.15, -0.1) is 11.3 Å². The Morgan fingerprint density at radius 3 is 2.92 bits per heavy atom. The first-order valence-electron chi connectivity index (χ1n) is 3.41. The minimum Gasteiger partial charge on any atom is -0.305 e. The second-order valence-corrected chi connectivity index (χ2v) is 4.32. The topological polar surface area (TPSA) is 58.6 Å². The molecule has 0 fully saturated rings. The van der Waals surface area contributed by atoms with Crippen molar-refractivity contribution >= 4 is 33.9 Å². The van der Waals surface area contributed by atoms with Crippen LogP contribution in [-0.2, 0) is 0 Å². The molecule has 2 rings (SSSR count). The lowest BCUT2D eigenvalue weighted by atomic mass is 10.5. The van der Waals surface area contributed by atoms with Gasteiger partial charge in [0.05, 0.1) is 14.0 Å². The molecule has 0 aliphatic heterocycles. The normalized spacial score (nSPS) is 10.2. The Hall–Kier alpha value is -0.760. The van der Waals surface area contributed by atoms with Crippen molar-refractivity contribution in [3.05, 3.63) is 31.8 Å². The number of thiazole rings is 1. The van der Waals surface area contributed by atoms with E-state index in [4.69, 9.17) is 0 Å². The van der Waals surface area contributed by atoms with E-state index in [1.165, 1.54) is 11.3 Å². The fourth-order valence-corrected chi connectivity index (χ4v) is 1.68. The number of hydrogen-bond acceptors (Lipinski definition) is 4. The van der Waals surface area contributed by atoms with E-state index in [0.29, 0.717) is 9.39 Å². The number of nitrogens with zero attached hydrogens (tertiary/aromatic N) is 2. The molecule has 0 bridgehead atoms. The fraction of sp³-hybridized carbons (Fsp3) is 0. The molecule has 0 aliphatic rings. The highest BCUT2D eigenvalue weighted by molar-refractivity contribution is 14.1. The molecule has 0 radical (unpaired) electrons. The third-order valence-electron chi connectivity index (χ3n) is 1.42. The zero-order chi connectivity index (χ0) is 9.26. The Bertz CT molecular complexity index is 465. The molecular formula is C7H4IN3OS. The van der Waals surface area contributed by atoms with Gasteiger partial charge in [0, 0.05) is 12.4 Å². The summed E-state index contributed by atoms with van der Waals surface area (Å²) < 4.78 is 0.589. The highest BCUT2D eigenvalue weighted by Gasteiger charge is 2.03. The molecule has 0 aliphatic carbocycles. The van der Waals surface area contributed by atoms with Gasteiger partial charge in [-0.3, -0.25) is 9.78 Å². The molecule has 0 saturated carbocycles. The van der Waals surface area contributed by atoms with E-state index in [1.807, 2.05) is 22.6 Å². The molecule has 0 saturated heterocycles. The van der Waals surface area contributed by atoms with Crippen molar-refractivity contribution in [2.45, 2.75) is 0 Å². The van der Waals surface area contributed by atoms with Crippen molar-refractivity contribution in [2.75, 3.05) is 0 Å². The van der Waals surface area contributed by atoms with Crippen molar-refractivity contribution < 1.29 is 0 Å². The van der Waals surface area contributed by atoms with Gasteiger partial charge in [0.1, 0.15) is 0 Å². The maximum absolute atomic E-state index is 11.2. The van der Waals surface area contributed by atoms with Gasteiger partial charge in [-0.05, 0) is 22.6 Å².